The summed E-state index contributed by atoms with van der Waals surface area (Å²) in [6, 6.07) is 0. The molecule has 6 heteroatoms. The number of hydrogen-bond donors (Lipinski definition) is 1. The SMILES string of the molecule is [GaH3].[O]=[Mn](=[O])(=[O])[OH]. The molecule has 1 N–H and O–H groups in total. The Morgan fingerprint density at radius 1 is 1.17 bits per heavy atom. The zero-order valence-electron chi connectivity index (χ0n) is 2.05. The van der Waals surface area contributed by atoms with E-state index in [-0.39, 0.29) is 19.8 Å². The van der Waals surface area contributed by atoms with Gasteiger partial charge in [0.05, 0.1) is 0 Å². The molecule has 0 fully saturated rings. The molecule has 0 spiro atoms. The van der Waals surface area contributed by atoms with Gasteiger partial charge in [-0.05, 0) is 0 Å². The van der Waals surface area contributed by atoms with E-state index in [4.69, 9.17) is 15.7 Å². The first kappa shape index (κ1) is 9.72. The van der Waals surface area contributed by atoms with Crippen LogP contribution in [0.1, 0.15) is 0 Å². The zero-order chi connectivity index (χ0) is 4.50. The van der Waals surface area contributed by atoms with Crippen LogP contribution < -0.4 is 0 Å². The first-order valence-electron chi connectivity index (χ1n) is 0.632. The number of rotatable bonds is 0. The van der Waals surface area contributed by atoms with Crippen LogP contribution in [-0.4, -0.2) is 24.0 Å². The van der Waals surface area contributed by atoms with Crippen molar-refractivity contribution in [1.29, 1.82) is 0 Å². The second-order valence-corrected chi connectivity index (χ2v) is 1.63. The first-order chi connectivity index (χ1) is 2.00. The van der Waals surface area contributed by atoms with Gasteiger partial charge >= 0.3 is 48.5 Å². The van der Waals surface area contributed by atoms with Gasteiger partial charge in [-0.2, -0.15) is 0 Å². The van der Waals surface area contributed by atoms with Gasteiger partial charge in [0.15, 0.2) is 0 Å². The third-order valence-electron chi connectivity index (χ3n) is 0. The molecule has 0 atom stereocenters. The van der Waals surface area contributed by atoms with E-state index in [1.807, 2.05) is 0 Å². The van der Waals surface area contributed by atoms with E-state index in [0.29, 0.717) is 0 Å². The van der Waals surface area contributed by atoms with Crippen LogP contribution in [0.5, 0.6) is 0 Å². The Morgan fingerprint density at radius 3 is 1.17 bits per heavy atom. The normalized spacial score (nSPS) is 9.50. The van der Waals surface area contributed by atoms with Crippen LogP contribution in [0.4, 0.5) is 0 Å². The van der Waals surface area contributed by atoms with Crippen LogP contribution in [0.2, 0.25) is 0 Å². The minimum atomic E-state index is -5.38. The van der Waals surface area contributed by atoms with Crippen molar-refractivity contribution in [2.75, 3.05) is 0 Å². The van der Waals surface area contributed by atoms with Crippen molar-refractivity contribution in [2.24, 2.45) is 0 Å². The maximum absolute atomic E-state index is 8.69. The molecule has 4 nitrogen and oxygen atoms in total. The fourth-order valence-electron chi connectivity index (χ4n) is 0. The van der Waals surface area contributed by atoms with Gasteiger partial charge in [-0.25, -0.2) is 0 Å². The molecule has 0 rings (SSSR count). The second kappa shape index (κ2) is 2.65. The molecule has 0 aliphatic carbocycles. The summed E-state index contributed by atoms with van der Waals surface area (Å²) in [6.45, 7) is 0. The van der Waals surface area contributed by atoms with E-state index in [1.165, 1.54) is 0 Å². The van der Waals surface area contributed by atoms with Gasteiger partial charge in [0.1, 0.15) is 0 Å². The Morgan fingerprint density at radius 2 is 1.17 bits per heavy atom. The summed E-state index contributed by atoms with van der Waals surface area (Å²) in [5.41, 5.74) is 0. The predicted molar refractivity (Wildman–Crippen MR) is 14.2 cm³/mol. The van der Waals surface area contributed by atoms with Crippen LogP contribution >= 0.6 is 0 Å². The molecule has 0 saturated carbocycles. The third-order valence-corrected chi connectivity index (χ3v) is 0. The summed E-state index contributed by atoms with van der Waals surface area (Å²) >= 11 is -5.38. The quantitative estimate of drug-likeness (QED) is 0.447. The summed E-state index contributed by atoms with van der Waals surface area (Å²) in [5.74, 6) is 0. The van der Waals surface area contributed by atoms with Crippen LogP contribution in [0.25, 0.3) is 0 Å². The molecule has 0 aromatic heterocycles. The summed E-state index contributed by atoms with van der Waals surface area (Å²) in [4.78, 5) is 0. The van der Waals surface area contributed by atoms with Crippen molar-refractivity contribution in [3.05, 3.63) is 0 Å². The predicted octanol–water partition coefficient (Wildman–Crippen LogP) is -2.10. The Hall–Kier alpha value is 0.516. The molecular weight excluding hydrogens is 189 g/mol. The Bertz CT molecular complexity index is 129. The average molecular weight is 193 g/mol. The molecule has 0 heterocycles. The van der Waals surface area contributed by atoms with Crippen LogP contribution in [-0.2, 0) is 24.5 Å². The van der Waals surface area contributed by atoms with Crippen molar-refractivity contribution in [3.63, 3.8) is 0 Å². The molecule has 0 aliphatic rings. The zero-order valence-corrected chi connectivity index (χ0v) is 3.23. The molecule has 0 bridgehead atoms. The van der Waals surface area contributed by atoms with Gasteiger partial charge < -0.3 is 0 Å². The summed E-state index contributed by atoms with van der Waals surface area (Å²) in [7, 11) is 0. The summed E-state index contributed by atoms with van der Waals surface area (Å²) < 4.78 is 33.1. The van der Waals surface area contributed by atoms with Gasteiger partial charge in [-0.15, -0.1) is 0 Å². The fraction of sp³-hybridized carbons (Fsp3) is 0. The molecule has 0 aromatic rings. The fourth-order valence-corrected chi connectivity index (χ4v) is 0. The van der Waals surface area contributed by atoms with Crippen molar-refractivity contribution in [3.8, 4) is 0 Å². The van der Waals surface area contributed by atoms with Crippen LogP contribution in [0.15, 0.2) is 0 Å². The van der Waals surface area contributed by atoms with Gasteiger partial charge in [-0.3, -0.25) is 0 Å². The molecule has 0 unspecified atom stereocenters. The average Bonchev–Trinajstić information content (AvgIpc) is 0.722. The van der Waals surface area contributed by atoms with Gasteiger partial charge in [-0.1, -0.05) is 0 Å². The van der Waals surface area contributed by atoms with Crippen molar-refractivity contribution < 1.29 is 28.7 Å². The van der Waals surface area contributed by atoms with Crippen molar-refractivity contribution >= 4 is 19.8 Å². The van der Waals surface area contributed by atoms with Gasteiger partial charge in [0.2, 0.25) is 0 Å². The van der Waals surface area contributed by atoms with Crippen molar-refractivity contribution in [2.45, 2.75) is 0 Å². The molecule has 0 aliphatic heterocycles. The number of hydrogen-bond acceptors (Lipinski definition) is 3. The summed E-state index contributed by atoms with van der Waals surface area (Å²) in [5, 5.41) is 0. The van der Waals surface area contributed by atoms with Gasteiger partial charge in [0.25, 0.3) is 0 Å². The molecular formula is H4GaMnO4. The minimum absolute atomic E-state index is 0. The Kier molecular flexibility index (Phi) is 4.29. The standard InChI is InChI=1S/Ga.Mn.H2O.3O.3H/h;;1H2;;;;;;/q;+1;;;;;;;/p-1. The molecule has 38 valence electrons. The first-order valence-corrected chi connectivity index (χ1v) is 2.61. The van der Waals surface area contributed by atoms with E-state index < -0.39 is 13.0 Å². The van der Waals surface area contributed by atoms with Gasteiger partial charge in [0, 0.05) is 0 Å². The second-order valence-electron chi connectivity index (χ2n) is 0.396. The van der Waals surface area contributed by atoms with E-state index >= 15 is 0 Å². The van der Waals surface area contributed by atoms with E-state index in [2.05, 4.69) is 0 Å². The molecule has 0 saturated heterocycles. The Labute approximate surface area is 48.8 Å². The van der Waals surface area contributed by atoms with E-state index in [9.17, 15) is 0 Å². The van der Waals surface area contributed by atoms with Crippen molar-refractivity contribution in [1.82, 2.24) is 0 Å². The maximum atomic E-state index is 8.69. The van der Waals surface area contributed by atoms with Crippen LogP contribution in [0, 0.1) is 0 Å². The molecule has 0 radical (unpaired) electrons. The summed E-state index contributed by atoms with van der Waals surface area (Å²) in [6.07, 6.45) is 0. The Balaban J connectivity index is 0. The topological polar surface area (TPSA) is 71.4 Å². The third kappa shape index (κ3) is 210. The molecule has 0 amide bonds. The molecule has 6 heavy (non-hydrogen) atoms. The van der Waals surface area contributed by atoms with E-state index in [1.54, 1.807) is 0 Å². The van der Waals surface area contributed by atoms with E-state index in [0.717, 1.165) is 0 Å². The molecule has 0 aromatic carbocycles. The monoisotopic (exact) mass is 192 g/mol. The van der Waals surface area contributed by atoms with Crippen LogP contribution in [0.3, 0.4) is 0 Å².